The predicted octanol–water partition coefficient (Wildman–Crippen LogP) is 10.2. The molecule has 1 aromatic carbocycles. The minimum Gasteiger partial charge on any atom is -0.322 e. The number of hydrogen-bond donors (Lipinski definition) is 1. The van der Waals surface area contributed by atoms with Crippen LogP contribution < -0.4 is 5.73 Å². The highest BCUT2D eigenvalue weighted by atomic mass is 14.7. The van der Waals surface area contributed by atoms with Crippen LogP contribution in [0.2, 0.25) is 0 Å². The first-order valence-corrected chi connectivity index (χ1v) is 14.4. The van der Waals surface area contributed by atoms with E-state index in [1.807, 2.05) is 0 Å². The molecule has 32 heavy (non-hydrogen) atoms. The van der Waals surface area contributed by atoms with Gasteiger partial charge in [-0.25, -0.2) is 0 Å². The summed E-state index contributed by atoms with van der Waals surface area (Å²) in [5, 5.41) is 0. The smallest absolute Gasteiger partial charge is 0.0355 e. The maximum absolute atomic E-state index is 6.34. The molecule has 0 bridgehead atoms. The summed E-state index contributed by atoms with van der Waals surface area (Å²) in [6.07, 6.45) is 30.0. The SMILES string of the molecule is CCCCCCCCCCCCCCCCCCCCCCc1ccccc1C(C)(C)N. The van der Waals surface area contributed by atoms with E-state index in [0.717, 1.165) is 0 Å². The Morgan fingerprint density at radius 2 is 0.875 bits per heavy atom. The lowest BCUT2D eigenvalue weighted by Gasteiger charge is -2.23. The van der Waals surface area contributed by atoms with Gasteiger partial charge in [-0.1, -0.05) is 153 Å². The summed E-state index contributed by atoms with van der Waals surface area (Å²) in [5.74, 6) is 0. The van der Waals surface area contributed by atoms with E-state index in [9.17, 15) is 0 Å². The van der Waals surface area contributed by atoms with Gasteiger partial charge in [0.05, 0.1) is 0 Å². The molecule has 0 fully saturated rings. The molecule has 0 aliphatic rings. The molecule has 186 valence electrons. The van der Waals surface area contributed by atoms with Gasteiger partial charge >= 0.3 is 0 Å². The maximum atomic E-state index is 6.34. The second-order valence-electron chi connectivity index (χ2n) is 10.8. The highest BCUT2D eigenvalue weighted by Crippen LogP contribution is 2.23. The van der Waals surface area contributed by atoms with Crippen LogP contribution in [0.1, 0.15) is 160 Å². The van der Waals surface area contributed by atoms with Gasteiger partial charge < -0.3 is 5.73 Å². The van der Waals surface area contributed by atoms with Crippen molar-refractivity contribution in [3.05, 3.63) is 35.4 Å². The number of rotatable bonds is 22. The normalized spacial score (nSPS) is 11.9. The zero-order valence-electron chi connectivity index (χ0n) is 22.2. The minimum absolute atomic E-state index is 0.232. The van der Waals surface area contributed by atoms with Gasteiger partial charge in [0, 0.05) is 5.54 Å². The van der Waals surface area contributed by atoms with E-state index in [1.165, 1.54) is 146 Å². The lowest BCUT2D eigenvalue weighted by atomic mass is 9.89. The first-order valence-electron chi connectivity index (χ1n) is 14.4. The molecule has 0 radical (unpaired) electrons. The highest BCUT2D eigenvalue weighted by Gasteiger charge is 2.17. The van der Waals surface area contributed by atoms with Gasteiger partial charge in [-0.15, -0.1) is 0 Å². The highest BCUT2D eigenvalue weighted by molar-refractivity contribution is 5.32. The zero-order valence-corrected chi connectivity index (χ0v) is 22.2. The summed E-state index contributed by atoms with van der Waals surface area (Å²) < 4.78 is 0. The Morgan fingerprint density at radius 1 is 0.531 bits per heavy atom. The lowest BCUT2D eigenvalue weighted by Crippen LogP contribution is -2.30. The van der Waals surface area contributed by atoms with Crippen LogP contribution >= 0.6 is 0 Å². The molecule has 0 atom stereocenters. The fraction of sp³-hybridized carbons (Fsp3) is 0.806. The third-order valence-electron chi connectivity index (χ3n) is 7.01. The molecule has 1 aromatic rings. The molecule has 1 rings (SSSR count). The van der Waals surface area contributed by atoms with Crippen molar-refractivity contribution in [2.45, 2.75) is 161 Å². The summed E-state index contributed by atoms with van der Waals surface area (Å²) in [5.41, 5.74) is 8.87. The molecule has 0 aromatic heterocycles. The Kier molecular flexibility index (Phi) is 17.9. The van der Waals surface area contributed by atoms with Crippen LogP contribution in [0.3, 0.4) is 0 Å². The molecule has 0 aliphatic carbocycles. The largest absolute Gasteiger partial charge is 0.322 e. The van der Waals surface area contributed by atoms with Gasteiger partial charge in [-0.2, -0.15) is 0 Å². The van der Waals surface area contributed by atoms with Gasteiger partial charge in [0.2, 0.25) is 0 Å². The molecule has 0 aliphatic heterocycles. The molecule has 1 nitrogen and oxygen atoms in total. The van der Waals surface area contributed by atoms with Crippen LogP contribution in [-0.4, -0.2) is 0 Å². The van der Waals surface area contributed by atoms with Gasteiger partial charge in [-0.05, 0) is 37.8 Å². The molecule has 0 saturated heterocycles. The molecule has 0 spiro atoms. The van der Waals surface area contributed by atoms with E-state index in [2.05, 4.69) is 45.0 Å². The van der Waals surface area contributed by atoms with Crippen LogP contribution in [0.25, 0.3) is 0 Å². The van der Waals surface area contributed by atoms with Gasteiger partial charge in [0.1, 0.15) is 0 Å². The fourth-order valence-corrected chi connectivity index (χ4v) is 4.94. The van der Waals surface area contributed by atoms with Crippen molar-refractivity contribution in [2.24, 2.45) is 5.73 Å². The van der Waals surface area contributed by atoms with Crippen molar-refractivity contribution >= 4 is 0 Å². The van der Waals surface area contributed by atoms with Crippen LogP contribution in [-0.2, 0) is 12.0 Å². The second-order valence-corrected chi connectivity index (χ2v) is 10.8. The van der Waals surface area contributed by atoms with Crippen molar-refractivity contribution in [3.63, 3.8) is 0 Å². The Balaban J connectivity index is 1.82. The van der Waals surface area contributed by atoms with Crippen LogP contribution in [0.4, 0.5) is 0 Å². The first-order chi connectivity index (χ1) is 15.6. The Labute approximate surface area is 202 Å². The van der Waals surface area contributed by atoms with E-state index in [4.69, 9.17) is 5.73 Å². The summed E-state index contributed by atoms with van der Waals surface area (Å²) in [4.78, 5) is 0. The molecular formula is C31H57N. The quantitative estimate of drug-likeness (QED) is 0.177. The second kappa shape index (κ2) is 19.6. The van der Waals surface area contributed by atoms with E-state index in [-0.39, 0.29) is 5.54 Å². The third kappa shape index (κ3) is 15.9. The van der Waals surface area contributed by atoms with Crippen molar-refractivity contribution in [1.82, 2.24) is 0 Å². The van der Waals surface area contributed by atoms with E-state index in [0.29, 0.717) is 0 Å². The first kappa shape index (κ1) is 29.2. The van der Waals surface area contributed by atoms with Gasteiger partial charge in [0.15, 0.2) is 0 Å². The third-order valence-corrected chi connectivity index (χ3v) is 7.01. The molecule has 0 unspecified atom stereocenters. The monoisotopic (exact) mass is 443 g/mol. The standard InChI is InChI=1S/C31H57N/c1-4-5-6-7-8-9-10-11-12-13-14-15-16-17-18-19-20-21-22-23-26-29-27-24-25-28-30(29)31(2,3)32/h24-25,27-28H,4-23,26,32H2,1-3H3. The number of benzene rings is 1. The van der Waals surface area contributed by atoms with Crippen molar-refractivity contribution in [2.75, 3.05) is 0 Å². The number of aryl methyl sites for hydroxylation is 1. The van der Waals surface area contributed by atoms with Crippen molar-refractivity contribution in [3.8, 4) is 0 Å². The van der Waals surface area contributed by atoms with Crippen LogP contribution in [0.15, 0.2) is 24.3 Å². The Morgan fingerprint density at radius 3 is 1.25 bits per heavy atom. The average Bonchev–Trinajstić information content (AvgIpc) is 2.77. The Hall–Kier alpha value is -0.820. The van der Waals surface area contributed by atoms with Gasteiger partial charge in [0.25, 0.3) is 0 Å². The zero-order chi connectivity index (χ0) is 23.3. The van der Waals surface area contributed by atoms with E-state index in [1.54, 1.807) is 0 Å². The molecule has 2 N–H and O–H groups in total. The Bertz CT molecular complexity index is 528. The van der Waals surface area contributed by atoms with E-state index >= 15 is 0 Å². The van der Waals surface area contributed by atoms with Crippen LogP contribution in [0, 0.1) is 0 Å². The summed E-state index contributed by atoms with van der Waals surface area (Å²) >= 11 is 0. The molecular weight excluding hydrogens is 386 g/mol. The van der Waals surface area contributed by atoms with E-state index < -0.39 is 0 Å². The maximum Gasteiger partial charge on any atom is 0.0355 e. The number of nitrogens with two attached hydrogens (primary N) is 1. The topological polar surface area (TPSA) is 26.0 Å². The summed E-state index contributed by atoms with van der Waals surface area (Å²) in [6.45, 7) is 6.53. The molecule has 1 heteroatoms. The molecule has 0 amide bonds. The van der Waals surface area contributed by atoms with Crippen molar-refractivity contribution in [1.29, 1.82) is 0 Å². The molecule has 0 saturated carbocycles. The molecule has 0 heterocycles. The predicted molar refractivity (Wildman–Crippen MR) is 145 cm³/mol. The van der Waals surface area contributed by atoms with Crippen LogP contribution in [0.5, 0.6) is 0 Å². The summed E-state index contributed by atoms with van der Waals surface area (Å²) in [6, 6.07) is 8.73. The lowest BCUT2D eigenvalue weighted by molar-refractivity contribution is 0.520. The number of hydrogen-bond acceptors (Lipinski definition) is 1. The summed E-state index contributed by atoms with van der Waals surface area (Å²) in [7, 11) is 0. The van der Waals surface area contributed by atoms with Crippen molar-refractivity contribution < 1.29 is 0 Å². The van der Waals surface area contributed by atoms with Gasteiger partial charge in [-0.3, -0.25) is 0 Å². The fourth-order valence-electron chi connectivity index (χ4n) is 4.94. The average molecular weight is 444 g/mol. The number of unbranched alkanes of at least 4 members (excludes halogenated alkanes) is 19. The minimum atomic E-state index is -0.232.